The Morgan fingerprint density at radius 1 is 0.833 bits per heavy atom. The molecule has 0 atom stereocenters. The fourth-order valence-corrected chi connectivity index (χ4v) is 3.30. The molecule has 0 fully saturated rings. The van der Waals surface area contributed by atoms with Crippen molar-refractivity contribution in [1.29, 1.82) is 0 Å². The van der Waals surface area contributed by atoms with Crippen LogP contribution >= 0.6 is 0 Å². The molecular weight excluding hydrogens is 376 g/mol. The molecule has 0 amide bonds. The molecule has 4 rings (SSSR count). The van der Waals surface area contributed by atoms with Gasteiger partial charge in [0.2, 0.25) is 0 Å². The van der Waals surface area contributed by atoms with E-state index < -0.39 is 0 Å². The second kappa shape index (κ2) is 9.69. The first-order valence-electron chi connectivity index (χ1n) is 10.0. The molecule has 0 aliphatic rings. The number of rotatable bonds is 9. The van der Waals surface area contributed by atoms with E-state index in [2.05, 4.69) is 39.4 Å². The number of pyridine rings is 1. The standard InChI is InChI=1S/C24H24N4O2/c1-29-22-16-6-5-15-21(22)28-23(20-14-7-9-17-25-20)26-27-24(28)30-18-10-8-13-19-11-3-2-4-12-19/h2-7,9,11-12,14-17H,8,10,13,18H2,1H3. The predicted molar refractivity (Wildman–Crippen MR) is 116 cm³/mol. The van der Waals surface area contributed by atoms with Crippen molar-refractivity contribution in [3.8, 4) is 29.0 Å². The second-order valence-corrected chi connectivity index (χ2v) is 6.82. The summed E-state index contributed by atoms with van der Waals surface area (Å²) in [4.78, 5) is 4.43. The maximum atomic E-state index is 6.04. The van der Waals surface area contributed by atoms with Crippen LogP contribution in [0.1, 0.15) is 18.4 Å². The van der Waals surface area contributed by atoms with E-state index in [1.807, 2.05) is 53.1 Å². The van der Waals surface area contributed by atoms with Crippen LogP contribution in [0.5, 0.6) is 11.8 Å². The Hall–Kier alpha value is -3.67. The highest BCUT2D eigenvalue weighted by molar-refractivity contribution is 5.58. The van der Waals surface area contributed by atoms with Gasteiger partial charge in [-0.1, -0.05) is 53.6 Å². The molecular formula is C24H24N4O2. The number of aryl methyl sites for hydroxylation is 1. The van der Waals surface area contributed by atoms with Crippen LogP contribution in [0.3, 0.4) is 0 Å². The molecule has 0 N–H and O–H groups in total. The molecule has 30 heavy (non-hydrogen) atoms. The minimum atomic E-state index is 0.430. The van der Waals surface area contributed by atoms with Crippen molar-refractivity contribution >= 4 is 0 Å². The average molecular weight is 400 g/mol. The van der Waals surface area contributed by atoms with E-state index in [4.69, 9.17) is 9.47 Å². The highest BCUT2D eigenvalue weighted by atomic mass is 16.5. The van der Waals surface area contributed by atoms with E-state index in [0.717, 1.165) is 30.6 Å². The molecule has 6 heteroatoms. The van der Waals surface area contributed by atoms with Gasteiger partial charge < -0.3 is 9.47 Å². The van der Waals surface area contributed by atoms with Crippen molar-refractivity contribution in [2.45, 2.75) is 19.3 Å². The Morgan fingerprint density at radius 3 is 2.43 bits per heavy atom. The summed E-state index contributed by atoms with van der Waals surface area (Å²) in [5, 5.41) is 8.65. The minimum absolute atomic E-state index is 0.430. The lowest BCUT2D eigenvalue weighted by atomic mass is 10.1. The van der Waals surface area contributed by atoms with Crippen LogP contribution in [0, 0.1) is 0 Å². The Labute approximate surface area is 176 Å². The van der Waals surface area contributed by atoms with Crippen LogP contribution in [0.4, 0.5) is 0 Å². The van der Waals surface area contributed by atoms with Gasteiger partial charge in [-0.2, -0.15) is 0 Å². The van der Waals surface area contributed by atoms with Crippen LogP contribution in [-0.4, -0.2) is 33.5 Å². The van der Waals surface area contributed by atoms with Crippen molar-refractivity contribution < 1.29 is 9.47 Å². The third-order valence-electron chi connectivity index (χ3n) is 4.79. The van der Waals surface area contributed by atoms with Gasteiger partial charge in [0.05, 0.1) is 19.4 Å². The number of aromatic nitrogens is 4. The Kier molecular flexibility index (Phi) is 6.35. The number of nitrogens with zero attached hydrogens (tertiary/aromatic N) is 4. The van der Waals surface area contributed by atoms with Gasteiger partial charge in [-0.15, -0.1) is 5.10 Å². The van der Waals surface area contributed by atoms with Gasteiger partial charge in [-0.25, -0.2) is 4.57 Å². The van der Waals surface area contributed by atoms with Crippen LogP contribution < -0.4 is 9.47 Å². The molecule has 152 valence electrons. The number of methoxy groups -OCH3 is 1. The first-order chi connectivity index (χ1) is 14.9. The molecule has 0 radical (unpaired) electrons. The molecule has 2 heterocycles. The maximum absolute atomic E-state index is 6.04. The predicted octanol–water partition coefficient (Wildman–Crippen LogP) is 4.74. The zero-order valence-electron chi connectivity index (χ0n) is 16.9. The van der Waals surface area contributed by atoms with Crippen molar-refractivity contribution in [2.75, 3.05) is 13.7 Å². The molecule has 0 spiro atoms. The van der Waals surface area contributed by atoms with Crippen LogP contribution in [0.25, 0.3) is 17.2 Å². The number of ether oxygens (including phenoxy) is 2. The summed E-state index contributed by atoms with van der Waals surface area (Å²) in [5.74, 6) is 1.32. The van der Waals surface area contributed by atoms with E-state index in [0.29, 0.717) is 24.2 Å². The molecule has 4 aromatic rings. The van der Waals surface area contributed by atoms with Gasteiger partial charge >= 0.3 is 6.01 Å². The lowest BCUT2D eigenvalue weighted by Crippen LogP contribution is -2.07. The summed E-state index contributed by atoms with van der Waals surface area (Å²) in [6.45, 7) is 0.558. The summed E-state index contributed by atoms with van der Waals surface area (Å²) >= 11 is 0. The van der Waals surface area contributed by atoms with Gasteiger partial charge in [0.15, 0.2) is 5.82 Å². The Bertz CT molecular complexity index is 1070. The number of para-hydroxylation sites is 2. The van der Waals surface area contributed by atoms with Crippen molar-refractivity contribution in [3.05, 3.63) is 84.6 Å². The summed E-state index contributed by atoms with van der Waals surface area (Å²) in [6, 6.07) is 24.3. The van der Waals surface area contributed by atoms with Crippen molar-refractivity contribution in [2.24, 2.45) is 0 Å². The molecule has 0 saturated heterocycles. The van der Waals surface area contributed by atoms with E-state index in [-0.39, 0.29) is 0 Å². The highest BCUT2D eigenvalue weighted by Crippen LogP contribution is 2.31. The minimum Gasteiger partial charge on any atom is -0.495 e. The first kappa shape index (κ1) is 19.6. The van der Waals surface area contributed by atoms with Crippen LogP contribution in [0.2, 0.25) is 0 Å². The van der Waals surface area contributed by atoms with E-state index in [1.165, 1.54) is 5.56 Å². The van der Waals surface area contributed by atoms with Crippen molar-refractivity contribution in [3.63, 3.8) is 0 Å². The molecule has 0 saturated carbocycles. The highest BCUT2D eigenvalue weighted by Gasteiger charge is 2.20. The first-order valence-corrected chi connectivity index (χ1v) is 10.0. The van der Waals surface area contributed by atoms with Gasteiger partial charge in [-0.3, -0.25) is 4.98 Å². The number of unbranched alkanes of at least 4 members (excludes halogenated alkanes) is 1. The average Bonchev–Trinajstić information content (AvgIpc) is 3.23. The zero-order valence-corrected chi connectivity index (χ0v) is 16.9. The SMILES string of the molecule is COc1ccccc1-n1c(OCCCCc2ccccc2)nnc1-c1ccccn1. The topological polar surface area (TPSA) is 62.1 Å². The smallest absolute Gasteiger partial charge is 0.322 e. The molecule has 0 aliphatic heterocycles. The molecule has 2 aromatic heterocycles. The molecule has 0 bridgehead atoms. The summed E-state index contributed by atoms with van der Waals surface area (Å²) < 4.78 is 13.5. The number of hydrogen-bond acceptors (Lipinski definition) is 5. The summed E-state index contributed by atoms with van der Waals surface area (Å²) in [7, 11) is 1.65. The Morgan fingerprint density at radius 2 is 1.63 bits per heavy atom. The normalized spacial score (nSPS) is 10.7. The maximum Gasteiger partial charge on any atom is 0.322 e. The lowest BCUT2D eigenvalue weighted by Gasteiger charge is -2.14. The van der Waals surface area contributed by atoms with Gasteiger partial charge in [0.25, 0.3) is 0 Å². The fourth-order valence-electron chi connectivity index (χ4n) is 3.30. The van der Waals surface area contributed by atoms with Gasteiger partial charge in [0, 0.05) is 6.20 Å². The summed E-state index contributed by atoms with van der Waals surface area (Å²) in [5.41, 5.74) is 2.87. The van der Waals surface area contributed by atoms with E-state index in [1.54, 1.807) is 13.3 Å². The number of benzene rings is 2. The lowest BCUT2D eigenvalue weighted by molar-refractivity contribution is 0.277. The second-order valence-electron chi connectivity index (χ2n) is 6.82. The summed E-state index contributed by atoms with van der Waals surface area (Å²) in [6.07, 6.45) is 4.73. The van der Waals surface area contributed by atoms with Crippen LogP contribution in [-0.2, 0) is 6.42 Å². The number of hydrogen-bond donors (Lipinski definition) is 0. The van der Waals surface area contributed by atoms with Crippen molar-refractivity contribution in [1.82, 2.24) is 19.7 Å². The molecule has 0 unspecified atom stereocenters. The van der Waals surface area contributed by atoms with E-state index >= 15 is 0 Å². The largest absolute Gasteiger partial charge is 0.495 e. The zero-order chi connectivity index (χ0) is 20.6. The molecule has 0 aliphatic carbocycles. The quantitative estimate of drug-likeness (QED) is 0.380. The fraction of sp³-hybridized carbons (Fsp3) is 0.208. The third kappa shape index (κ3) is 4.49. The van der Waals surface area contributed by atoms with E-state index in [9.17, 15) is 0 Å². The molecule has 2 aromatic carbocycles. The monoisotopic (exact) mass is 400 g/mol. The third-order valence-corrected chi connectivity index (χ3v) is 4.79. The molecule has 6 nitrogen and oxygen atoms in total. The Balaban J connectivity index is 1.53. The van der Waals surface area contributed by atoms with Gasteiger partial charge in [-0.05, 0) is 49.1 Å². The van der Waals surface area contributed by atoms with Crippen LogP contribution in [0.15, 0.2) is 79.0 Å². The van der Waals surface area contributed by atoms with Gasteiger partial charge in [0.1, 0.15) is 11.4 Å².